The van der Waals surface area contributed by atoms with Crippen LogP contribution in [0.25, 0.3) is 0 Å². The Kier molecular flexibility index (Phi) is 14.2. The Hall–Kier alpha value is -0.610. The van der Waals surface area contributed by atoms with E-state index in [0.29, 0.717) is 32.2 Å². The topological polar surface area (TPSA) is 75.2 Å². The fraction of sp³-hybridized carbons (Fsp3) is 0.882. The number of carbonyl (C=O) groups excluding carboxylic acids is 1. The van der Waals surface area contributed by atoms with Crippen LogP contribution in [-0.4, -0.2) is 76.4 Å². The molecule has 1 fully saturated rings. The molecule has 1 aliphatic rings. The van der Waals surface area contributed by atoms with Crippen molar-refractivity contribution in [2.75, 3.05) is 59.7 Å². The van der Waals surface area contributed by atoms with Crippen LogP contribution in [0.4, 0.5) is 0 Å². The third-order valence-electron chi connectivity index (χ3n) is 3.90. The number of amides is 1. The van der Waals surface area contributed by atoms with Gasteiger partial charge in [0.2, 0.25) is 5.91 Å². The molecule has 1 heterocycles. The summed E-state index contributed by atoms with van der Waals surface area (Å²) in [6.45, 7) is 11.8. The number of halogens is 1. The predicted octanol–water partition coefficient (Wildman–Crippen LogP) is 1.33. The standard InChI is InChI=1S/C17H34N4O3.HI/c1-5-18-17(20-8-7-19-16(22)14(2)3)21-9-6-15(12-21)13-24-11-10-23-4;/h14-15H,5-13H2,1-4H3,(H,18,20)(H,19,22);1H. The van der Waals surface area contributed by atoms with Crippen LogP contribution >= 0.6 is 24.0 Å². The minimum atomic E-state index is 0. The summed E-state index contributed by atoms with van der Waals surface area (Å²) in [5.74, 6) is 1.55. The summed E-state index contributed by atoms with van der Waals surface area (Å²) in [5.41, 5.74) is 0. The molecule has 25 heavy (non-hydrogen) atoms. The Morgan fingerprint density at radius 3 is 2.72 bits per heavy atom. The first kappa shape index (κ1) is 24.4. The van der Waals surface area contributed by atoms with Crippen molar-refractivity contribution in [3.63, 3.8) is 0 Å². The van der Waals surface area contributed by atoms with E-state index in [2.05, 4.69) is 27.4 Å². The molecular weight excluding hydrogens is 435 g/mol. The van der Waals surface area contributed by atoms with E-state index in [1.807, 2.05) is 13.8 Å². The van der Waals surface area contributed by atoms with Gasteiger partial charge in [0.15, 0.2) is 5.96 Å². The molecule has 0 bridgehead atoms. The molecule has 0 aromatic heterocycles. The van der Waals surface area contributed by atoms with E-state index in [-0.39, 0.29) is 35.8 Å². The Morgan fingerprint density at radius 2 is 2.08 bits per heavy atom. The van der Waals surface area contributed by atoms with Gasteiger partial charge in [-0.15, -0.1) is 24.0 Å². The molecule has 0 saturated carbocycles. The summed E-state index contributed by atoms with van der Waals surface area (Å²) >= 11 is 0. The lowest BCUT2D eigenvalue weighted by atomic mass is 10.1. The number of rotatable bonds is 10. The number of hydrogen-bond acceptors (Lipinski definition) is 4. The van der Waals surface area contributed by atoms with Crippen LogP contribution in [0.15, 0.2) is 4.99 Å². The molecule has 1 amide bonds. The highest BCUT2D eigenvalue weighted by Gasteiger charge is 2.24. The lowest BCUT2D eigenvalue weighted by Crippen LogP contribution is -2.41. The molecule has 7 nitrogen and oxygen atoms in total. The van der Waals surface area contributed by atoms with Crippen molar-refractivity contribution in [1.29, 1.82) is 0 Å². The van der Waals surface area contributed by atoms with E-state index in [1.165, 1.54) is 0 Å². The van der Waals surface area contributed by atoms with Crippen molar-refractivity contribution in [1.82, 2.24) is 15.5 Å². The van der Waals surface area contributed by atoms with Gasteiger partial charge in [-0.2, -0.15) is 0 Å². The molecule has 0 aromatic rings. The molecule has 148 valence electrons. The first-order valence-corrected chi connectivity index (χ1v) is 8.96. The van der Waals surface area contributed by atoms with Crippen molar-refractivity contribution < 1.29 is 14.3 Å². The van der Waals surface area contributed by atoms with Crippen molar-refractivity contribution in [2.45, 2.75) is 27.2 Å². The van der Waals surface area contributed by atoms with Crippen LogP contribution in [0.2, 0.25) is 0 Å². The van der Waals surface area contributed by atoms with Crippen LogP contribution in [0.5, 0.6) is 0 Å². The van der Waals surface area contributed by atoms with E-state index in [1.54, 1.807) is 7.11 Å². The summed E-state index contributed by atoms with van der Waals surface area (Å²) in [5, 5.41) is 6.23. The smallest absolute Gasteiger partial charge is 0.222 e. The summed E-state index contributed by atoms with van der Waals surface area (Å²) in [4.78, 5) is 18.5. The van der Waals surface area contributed by atoms with Crippen molar-refractivity contribution in [3.8, 4) is 0 Å². The molecule has 0 aliphatic carbocycles. The molecular formula is C17H35IN4O3. The van der Waals surface area contributed by atoms with Gasteiger partial charge in [0.05, 0.1) is 26.4 Å². The fourth-order valence-corrected chi connectivity index (χ4v) is 2.52. The lowest BCUT2D eigenvalue weighted by Gasteiger charge is -2.21. The Morgan fingerprint density at radius 1 is 1.32 bits per heavy atom. The summed E-state index contributed by atoms with van der Waals surface area (Å²) < 4.78 is 10.6. The highest BCUT2D eigenvalue weighted by molar-refractivity contribution is 14.0. The maximum atomic E-state index is 11.6. The van der Waals surface area contributed by atoms with E-state index >= 15 is 0 Å². The van der Waals surface area contributed by atoms with Crippen LogP contribution in [0.3, 0.4) is 0 Å². The second kappa shape index (κ2) is 14.5. The predicted molar refractivity (Wildman–Crippen MR) is 112 cm³/mol. The largest absolute Gasteiger partial charge is 0.382 e. The maximum absolute atomic E-state index is 11.6. The van der Waals surface area contributed by atoms with Crippen LogP contribution in [-0.2, 0) is 14.3 Å². The van der Waals surface area contributed by atoms with Crippen LogP contribution in [0.1, 0.15) is 27.2 Å². The van der Waals surface area contributed by atoms with E-state index in [9.17, 15) is 4.79 Å². The molecule has 0 radical (unpaired) electrons. The van der Waals surface area contributed by atoms with Gasteiger partial charge in [0, 0.05) is 45.1 Å². The highest BCUT2D eigenvalue weighted by atomic mass is 127. The van der Waals surface area contributed by atoms with Gasteiger partial charge in [-0.05, 0) is 13.3 Å². The third-order valence-corrected chi connectivity index (χ3v) is 3.90. The monoisotopic (exact) mass is 470 g/mol. The first-order chi connectivity index (χ1) is 11.6. The van der Waals surface area contributed by atoms with Crippen molar-refractivity contribution in [2.24, 2.45) is 16.8 Å². The van der Waals surface area contributed by atoms with E-state index in [0.717, 1.165) is 38.6 Å². The zero-order chi connectivity index (χ0) is 17.8. The molecule has 1 saturated heterocycles. The molecule has 1 unspecified atom stereocenters. The number of likely N-dealkylation sites (tertiary alicyclic amines) is 1. The Labute approximate surface area is 169 Å². The zero-order valence-corrected chi connectivity index (χ0v) is 18.4. The van der Waals surface area contributed by atoms with E-state index in [4.69, 9.17) is 9.47 Å². The van der Waals surface area contributed by atoms with Gasteiger partial charge in [-0.3, -0.25) is 9.79 Å². The normalized spacial score (nSPS) is 17.6. The SMILES string of the molecule is CCNC(=NCCNC(=O)C(C)C)N1CCC(COCCOC)C1.I. The molecule has 1 aliphatic heterocycles. The average Bonchev–Trinajstić information content (AvgIpc) is 3.03. The minimum absolute atomic E-state index is 0. The summed E-state index contributed by atoms with van der Waals surface area (Å²) in [7, 11) is 1.68. The Balaban J connectivity index is 0.00000576. The van der Waals surface area contributed by atoms with Crippen LogP contribution < -0.4 is 10.6 Å². The number of nitrogens with zero attached hydrogens (tertiary/aromatic N) is 2. The molecule has 8 heteroatoms. The number of guanidine groups is 1. The number of carbonyl (C=O) groups is 1. The highest BCUT2D eigenvalue weighted by Crippen LogP contribution is 2.16. The summed E-state index contributed by atoms with van der Waals surface area (Å²) in [6.07, 6.45) is 1.11. The number of aliphatic imine (C=N–C) groups is 1. The van der Waals surface area contributed by atoms with Gasteiger partial charge < -0.3 is 25.0 Å². The molecule has 1 atom stereocenters. The number of nitrogens with one attached hydrogen (secondary N) is 2. The zero-order valence-electron chi connectivity index (χ0n) is 16.0. The molecule has 1 rings (SSSR count). The average molecular weight is 470 g/mol. The lowest BCUT2D eigenvalue weighted by molar-refractivity contribution is -0.123. The van der Waals surface area contributed by atoms with Gasteiger partial charge in [-0.25, -0.2) is 0 Å². The second-order valence-corrected chi connectivity index (χ2v) is 6.35. The maximum Gasteiger partial charge on any atom is 0.222 e. The minimum Gasteiger partial charge on any atom is -0.382 e. The molecule has 2 N–H and O–H groups in total. The second-order valence-electron chi connectivity index (χ2n) is 6.35. The Bertz CT molecular complexity index is 394. The number of hydrogen-bond donors (Lipinski definition) is 2. The fourth-order valence-electron chi connectivity index (χ4n) is 2.52. The van der Waals surface area contributed by atoms with Crippen LogP contribution in [0, 0.1) is 11.8 Å². The van der Waals surface area contributed by atoms with E-state index < -0.39 is 0 Å². The van der Waals surface area contributed by atoms with Gasteiger partial charge in [0.1, 0.15) is 0 Å². The summed E-state index contributed by atoms with van der Waals surface area (Å²) in [6, 6.07) is 0. The molecule has 0 aromatic carbocycles. The molecule has 0 spiro atoms. The third kappa shape index (κ3) is 10.2. The van der Waals surface area contributed by atoms with Gasteiger partial charge in [0.25, 0.3) is 0 Å². The van der Waals surface area contributed by atoms with Gasteiger partial charge >= 0.3 is 0 Å². The van der Waals surface area contributed by atoms with Crippen molar-refractivity contribution in [3.05, 3.63) is 0 Å². The van der Waals surface area contributed by atoms with Gasteiger partial charge in [-0.1, -0.05) is 13.8 Å². The number of methoxy groups -OCH3 is 1. The number of ether oxygens (including phenoxy) is 2. The van der Waals surface area contributed by atoms with Crippen molar-refractivity contribution >= 4 is 35.8 Å². The quantitative estimate of drug-likeness (QED) is 0.218. The first-order valence-electron chi connectivity index (χ1n) is 8.96.